The van der Waals surface area contributed by atoms with E-state index in [-0.39, 0.29) is 10.0 Å². The van der Waals surface area contributed by atoms with Gasteiger partial charge >= 0.3 is 12.1 Å². The predicted octanol–water partition coefficient (Wildman–Crippen LogP) is 3.56. The van der Waals surface area contributed by atoms with Gasteiger partial charge in [-0.2, -0.15) is 13.2 Å². The van der Waals surface area contributed by atoms with Crippen LogP contribution in [-0.2, 0) is 10.9 Å². The molecule has 0 aliphatic rings. The Bertz CT molecular complexity index is 427. The fourth-order valence-electron chi connectivity index (χ4n) is 1.34. The van der Waals surface area contributed by atoms with Crippen molar-refractivity contribution in [2.45, 2.75) is 13.1 Å². The summed E-state index contributed by atoms with van der Waals surface area (Å²) < 4.78 is 42.6. The van der Waals surface area contributed by atoms with Gasteiger partial charge in [0, 0.05) is 4.47 Å². The van der Waals surface area contributed by atoms with Crippen LogP contribution in [0.15, 0.2) is 16.6 Å². The number of halogens is 4. The maximum Gasteiger partial charge on any atom is 0.417 e. The third-order valence-corrected chi connectivity index (χ3v) is 2.45. The van der Waals surface area contributed by atoms with Gasteiger partial charge in [-0.1, -0.05) is 15.9 Å². The molecule has 0 fully saturated rings. The van der Waals surface area contributed by atoms with Gasteiger partial charge in [-0.05, 0) is 24.6 Å². The molecule has 0 aromatic heterocycles. The molecule has 0 heterocycles. The number of esters is 1. The van der Waals surface area contributed by atoms with Crippen LogP contribution in [-0.4, -0.2) is 13.1 Å². The molecule has 1 aromatic carbocycles. The number of carbonyl (C=O) groups is 1. The second-order valence-electron chi connectivity index (χ2n) is 3.13. The minimum atomic E-state index is -4.59. The highest BCUT2D eigenvalue weighted by Crippen LogP contribution is 2.35. The van der Waals surface area contributed by atoms with Crippen LogP contribution in [0.4, 0.5) is 13.2 Å². The first-order valence-corrected chi connectivity index (χ1v) is 5.02. The van der Waals surface area contributed by atoms with Gasteiger partial charge in [-0.3, -0.25) is 0 Å². The number of hydrogen-bond acceptors (Lipinski definition) is 2. The predicted molar refractivity (Wildman–Crippen MR) is 55.2 cm³/mol. The fourth-order valence-corrected chi connectivity index (χ4v) is 1.91. The molecule has 0 spiro atoms. The van der Waals surface area contributed by atoms with Crippen molar-refractivity contribution in [2.75, 3.05) is 7.11 Å². The summed E-state index contributed by atoms with van der Waals surface area (Å²) in [6, 6.07) is 2.29. The highest BCUT2D eigenvalue weighted by Gasteiger charge is 2.36. The van der Waals surface area contributed by atoms with E-state index in [2.05, 4.69) is 20.7 Å². The summed E-state index contributed by atoms with van der Waals surface area (Å²) in [4.78, 5) is 11.3. The molecule has 0 radical (unpaired) electrons. The van der Waals surface area contributed by atoms with Crippen LogP contribution in [0.3, 0.4) is 0 Å². The van der Waals surface area contributed by atoms with E-state index in [1.54, 1.807) is 0 Å². The monoisotopic (exact) mass is 296 g/mol. The van der Waals surface area contributed by atoms with E-state index in [4.69, 9.17) is 0 Å². The molecule has 1 aromatic rings. The lowest BCUT2D eigenvalue weighted by molar-refractivity contribution is -0.138. The molecule has 0 saturated heterocycles. The molecule has 0 unspecified atom stereocenters. The maximum atomic E-state index is 12.7. The minimum absolute atomic E-state index is 0.216. The Morgan fingerprint density at radius 1 is 1.38 bits per heavy atom. The first kappa shape index (κ1) is 13.0. The van der Waals surface area contributed by atoms with Crippen molar-refractivity contribution >= 4 is 21.9 Å². The highest BCUT2D eigenvalue weighted by molar-refractivity contribution is 9.10. The Hall–Kier alpha value is -1.04. The number of alkyl halides is 3. The van der Waals surface area contributed by atoms with Crippen LogP contribution in [0, 0.1) is 6.92 Å². The van der Waals surface area contributed by atoms with Gasteiger partial charge < -0.3 is 4.74 Å². The first-order valence-electron chi connectivity index (χ1n) is 4.23. The van der Waals surface area contributed by atoms with Crippen molar-refractivity contribution in [3.05, 3.63) is 33.3 Å². The molecule has 88 valence electrons. The van der Waals surface area contributed by atoms with Gasteiger partial charge in [-0.25, -0.2) is 4.79 Å². The van der Waals surface area contributed by atoms with E-state index in [0.29, 0.717) is 0 Å². The number of rotatable bonds is 1. The molecule has 1 rings (SSSR count). The summed E-state index contributed by atoms with van der Waals surface area (Å²) in [5.74, 6) is -0.989. The van der Waals surface area contributed by atoms with Crippen molar-refractivity contribution in [1.82, 2.24) is 0 Å². The third kappa shape index (κ3) is 2.55. The molecule has 2 nitrogen and oxygen atoms in total. The lowest BCUT2D eigenvalue weighted by Crippen LogP contribution is -2.15. The van der Waals surface area contributed by atoms with Crippen LogP contribution in [0.1, 0.15) is 21.5 Å². The number of hydrogen-bond donors (Lipinski definition) is 0. The Morgan fingerprint density at radius 2 is 1.94 bits per heavy atom. The van der Waals surface area contributed by atoms with Crippen LogP contribution in [0.5, 0.6) is 0 Å². The molecule has 0 aliphatic carbocycles. The van der Waals surface area contributed by atoms with Gasteiger partial charge in [-0.15, -0.1) is 0 Å². The summed E-state index contributed by atoms with van der Waals surface area (Å²) >= 11 is 2.96. The largest absolute Gasteiger partial charge is 0.465 e. The molecule has 16 heavy (non-hydrogen) atoms. The molecule has 0 amide bonds. The Morgan fingerprint density at radius 3 is 2.38 bits per heavy atom. The highest BCUT2D eigenvalue weighted by atomic mass is 79.9. The standard InChI is InChI=1S/C10H8BrF3O2/c1-5-3-6(11)4-7(10(12,13)14)8(5)9(15)16-2/h3-4H,1-2H3. The number of methoxy groups -OCH3 is 1. The summed E-state index contributed by atoms with van der Waals surface area (Å²) in [5, 5.41) is 0. The fraction of sp³-hybridized carbons (Fsp3) is 0.300. The summed E-state index contributed by atoms with van der Waals surface area (Å²) in [5.41, 5.74) is -1.22. The van der Waals surface area contributed by atoms with Crippen molar-refractivity contribution in [3.8, 4) is 0 Å². The van der Waals surface area contributed by atoms with Crippen molar-refractivity contribution in [3.63, 3.8) is 0 Å². The van der Waals surface area contributed by atoms with Gasteiger partial charge in [0.05, 0.1) is 18.2 Å². The van der Waals surface area contributed by atoms with Crippen molar-refractivity contribution < 1.29 is 22.7 Å². The van der Waals surface area contributed by atoms with E-state index in [1.165, 1.54) is 13.0 Å². The van der Waals surface area contributed by atoms with Gasteiger partial charge in [0.25, 0.3) is 0 Å². The molecular weight excluding hydrogens is 289 g/mol. The average molecular weight is 297 g/mol. The van der Waals surface area contributed by atoms with Crippen LogP contribution < -0.4 is 0 Å². The molecular formula is C10H8BrF3O2. The van der Waals surface area contributed by atoms with E-state index in [0.717, 1.165) is 13.2 Å². The number of benzene rings is 1. The Labute approximate surface area is 98.5 Å². The quantitative estimate of drug-likeness (QED) is 0.741. The Balaban J connectivity index is 3.51. The second-order valence-corrected chi connectivity index (χ2v) is 4.05. The topological polar surface area (TPSA) is 26.3 Å². The lowest BCUT2D eigenvalue weighted by Gasteiger charge is -2.14. The van der Waals surface area contributed by atoms with Gasteiger partial charge in [0.2, 0.25) is 0 Å². The van der Waals surface area contributed by atoms with E-state index in [9.17, 15) is 18.0 Å². The maximum absolute atomic E-state index is 12.7. The molecule has 0 aliphatic heterocycles. The molecule has 0 bridgehead atoms. The van der Waals surface area contributed by atoms with E-state index < -0.39 is 23.3 Å². The smallest absolute Gasteiger partial charge is 0.417 e. The third-order valence-electron chi connectivity index (χ3n) is 2.00. The van der Waals surface area contributed by atoms with Crippen molar-refractivity contribution in [1.29, 1.82) is 0 Å². The lowest BCUT2D eigenvalue weighted by atomic mass is 10.0. The molecule has 0 saturated carbocycles. The summed E-state index contributed by atoms with van der Waals surface area (Å²) in [6.45, 7) is 1.42. The minimum Gasteiger partial charge on any atom is -0.465 e. The van der Waals surface area contributed by atoms with Crippen molar-refractivity contribution in [2.24, 2.45) is 0 Å². The normalized spacial score (nSPS) is 11.4. The zero-order valence-electron chi connectivity index (χ0n) is 8.48. The first-order chi connectivity index (χ1) is 7.27. The van der Waals surface area contributed by atoms with E-state index in [1.807, 2.05) is 0 Å². The molecule has 0 N–H and O–H groups in total. The Kier molecular flexibility index (Phi) is 3.62. The zero-order valence-corrected chi connectivity index (χ0v) is 10.1. The van der Waals surface area contributed by atoms with Crippen LogP contribution in [0.2, 0.25) is 0 Å². The van der Waals surface area contributed by atoms with E-state index >= 15 is 0 Å². The van der Waals surface area contributed by atoms with Crippen LogP contribution in [0.25, 0.3) is 0 Å². The molecule has 6 heteroatoms. The number of ether oxygens (including phenoxy) is 1. The average Bonchev–Trinajstić information content (AvgIpc) is 2.14. The summed E-state index contributed by atoms with van der Waals surface area (Å²) in [7, 11) is 1.05. The number of aryl methyl sites for hydroxylation is 1. The number of carbonyl (C=O) groups excluding carboxylic acids is 1. The molecule has 0 atom stereocenters. The van der Waals surface area contributed by atoms with Crippen LogP contribution >= 0.6 is 15.9 Å². The zero-order chi connectivity index (χ0) is 12.5. The van der Waals surface area contributed by atoms with Gasteiger partial charge in [0.1, 0.15) is 0 Å². The van der Waals surface area contributed by atoms with Gasteiger partial charge in [0.15, 0.2) is 0 Å². The summed E-state index contributed by atoms with van der Waals surface area (Å²) in [6.07, 6.45) is -4.59. The SMILES string of the molecule is COC(=O)c1c(C)cc(Br)cc1C(F)(F)F. The second kappa shape index (κ2) is 4.45.